The first kappa shape index (κ1) is 43.2. The third kappa shape index (κ3) is 6.85. The molecule has 63 heavy (non-hydrogen) atoms. The van der Waals surface area contributed by atoms with E-state index in [0.717, 1.165) is 94.4 Å². The predicted octanol–water partition coefficient (Wildman–Crippen LogP) is 15.1. The maximum Gasteiger partial charge on any atom is 0.127 e. The Balaban J connectivity index is 0.00000471. The molecule has 0 aliphatic heterocycles. The number of pyridine rings is 1. The molecule has 8 aliphatic rings. The Hall–Kier alpha value is -3.69. The zero-order valence-electron chi connectivity index (χ0n) is 39.3. The summed E-state index contributed by atoms with van der Waals surface area (Å²) in [5.74, 6) is 1.57. The number of hydrogen-bond donors (Lipinski definition) is 2. The van der Waals surface area contributed by atoms with Gasteiger partial charge in [-0.1, -0.05) is 102 Å². The summed E-state index contributed by atoms with van der Waals surface area (Å²) in [7, 11) is 1.72. The number of rotatable bonds is 7. The SMILES string of the molecule is COc1cc(-c2ccccc2-c2cc(C)cc(C34CC5(C)CC(C)(CC(C)(C5)C3)C4)c2O)nc(-c2ccccc2-c2cc(C)cc(C34CC5(C)CC(C)(CC(C)(C5)C3)C4)c2O)c1.[Zr]. The van der Waals surface area contributed by atoms with Crippen LogP contribution in [0.4, 0.5) is 0 Å². The largest absolute Gasteiger partial charge is 0.507 e. The number of aromatic nitrogens is 1. The molecule has 13 rings (SSSR count). The van der Waals surface area contributed by atoms with E-state index in [4.69, 9.17) is 9.72 Å². The quantitative estimate of drug-likeness (QED) is 0.171. The van der Waals surface area contributed by atoms with Crippen LogP contribution in [0.1, 0.15) is 141 Å². The van der Waals surface area contributed by atoms with E-state index < -0.39 is 0 Å². The van der Waals surface area contributed by atoms with Crippen LogP contribution in [0.25, 0.3) is 44.8 Å². The van der Waals surface area contributed by atoms with Crippen LogP contribution in [0.3, 0.4) is 0 Å². The molecule has 8 fully saturated rings. The topological polar surface area (TPSA) is 62.6 Å². The van der Waals surface area contributed by atoms with Gasteiger partial charge >= 0.3 is 0 Å². The molecule has 8 saturated carbocycles. The monoisotopic (exact) mass is 915 g/mol. The number of aromatic hydroxyl groups is 2. The van der Waals surface area contributed by atoms with Crippen LogP contribution in [-0.4, -0.2) is 22.3 Å². The molecule has 0 unspecified atom stereocenters. The molecule has 0 saturated heterocycles. The van der Waals surface area contributed by atoms with Crippen molar-refractivity contribution in [1.29, 1.82) is 0 Å². The van der Waals surface area contributed by atoms with Crippen LogP contribution >= 0.6 is 0 Å². The Morgan fingerprint density at radius 2 is 0.730 bits per heavy atom. The van der Waals surface area contributed by atoms with Crippen molar-refractivity contribution in [2.75, 3.05) is 7.11 Å². The first-order valence-electron chi connectivity index (χ1n) is 23.6. The smallest absolute Gasteiger partial charge is 0.127 e. The number of methoxy groups -OCH3 is 1. The third-order valence-electron chi connectivity index (χ3n) is 17.4. The Kier molecular flexibility index (Phi) is 9.55. The first-order valence-corrected chi connectivity index (χ1v) is 23.6. The number of nitrogens with zero attached hydrogens (tertiary/aromatic N) is 1. The summed E-state index contributed by atoms with van der Waals surface area (Å²) in [4.78, 5) is 5.46. The van der Waals surface area contributed by atoms with Gasteiger partial charge < -0.3 is 14.9 Å². The standard InChI is InChI=1S/C58H67NO3.Zr/c1-36-18-43(49(60)45(20-36)57-30-51(3)24-52(4,31-57)26-53(5,25-51)32-57)39-14-10-12-16-41(39)47-22-38(62-9)23-48(59-47)42-17-13-11-15-40(42)44-19-37(2)21-46(50(44)61)58-33-54(6)27-55(7,34-58)29-56(8,28-54)35-58;/h10-23,60-61H,24-35H2,1-9H3;. The molecule has 2 N–H and O–H groups in total. The van der Waals surface area contributed by atoms with Crippen molar-refractivity contribution in [2.45, 2.75) is 143 Å². The summed E-state index contributed by atoms with van der Waals surface area (Å²) in [6.07, 6.45) is 14.6. The number of aryl methyl sites for hydroxylation is 2. The molecule has 8 aliphatic carbocycles. The molecule has 5 aromatic rings. The van der Waals surface area contributed by atoms with Gasteiger partial charge in [0.25, 0.3) is 0 Å². The average molecular weight is 917 g/mol. The van der Waals surface area contributed by atoms with Gasteiger partial charge in [0, 0.05) is 82.5 Å². The van der Waals surface area contributed by atoms with E-state index in [0.29, 0.717) is 49.7 Å². The number of phenols is 2. The van der Waals surface area contributed by atoms with Gasteiger partial charge in [-0.2, -0.15) is 0 Å². The van der Waals surface area contributed by atoms with Gasteiger partial charge in [-0.05, 0) is 158 Å². The van der Waals surface area contributed by atoms with Gasteiger partial charge in [0.05, 0.1) is 18.5 Å². The van der Waals surface area contributed by atoms with Gasteiger partial charge in [0.2, 0.25) is 0 Å². The Morgan fingerprint density at radius 1 is 0.429 bits per heavy atom. The summed E-state index contributed by atoms with van der Waals surface area (Å²) in [6.45, 7) is 19.5. The molecule has 0 spiro atoms. The molecule has 1 aromatic heterocycles. The zero-order valence-corrected chi connectivity index (χ0v) is 41.8. The maximum absolute atomic E-state index is 12.7. The fourth-order valence-corrected chi connectivity index (χ4v) is 18.7. The summed E-state index contributed by atoms with van der Waals surface area (Å²) in [6, 6.07) is 29.8. The van der Waals surface area contributed by atoms with Crippen LogP contribution < -0.4 is 4.74 Å². The van der Waals surface area contributed by atoms with Crippen LogP contribution in [0, 0.1) is 46.3 Å². The Morgan fingerprint density at radius 3 is 1.03 bits per heavy atom. The molecule has 4 aromatic carbocycles. The third-order valence-corrected chi connectivity index (χ3v) is 17.4. The predicted molar refractivity (Wildman–Crippen MR) is 253 cm³/mol. The van der Waals surface area contributed by atoms with Gasteiger partial charge in [0.15, 0.2) is 0 Å². The van der Waals surface area contributed by atoms with Crippen molar-refractivity contribution >= 4 is 0 Å². The van der Waals surface area contributed by atoms with Crippen LogP contribution in [-0.2, 0) is 37.0 Å². The molecular formula is C58H67NO3Zr. The minimum absolute atomic E-state index is 0. The second kappa shape index (κ2) is 13.9. The molecule has 5 heteroatoms. The number of phenolic OH excluding ortho intramolecular Hbond substituents is 2. The Bertz CT molecular complexity index is 2430. The van der Waals surface area contributed by atoms with E-state index >= 15 is 0 Å². The summed E-state index contributed by atoms with van der Waals surface area (Å²) in [5, 5.41) is 25.3. The van der Waals surface area contributed by atoms with Crippen LogP contribution in [0.5, 0.6) is 17.2 Å². The van der Waals surface area contributed by atoms with E-state index in [1.54, 1.807) is 7.11 Å². The zero-order chi connectivity index (χ0) is 43.5. The van der Waals surface area contributed by atoms with Crippen LogP contribution in [0.15, 0.2) is 84.9 Å². The molecule has 0 atom stereocenters. The van der Waals surface area contributed by atoms with Crippen molar-refractivity contribution in [3.63, 3.8) is 0 Å². The summed E-state index contributed by atoms with van der Waals surface area (Å²) < 4.78 is 6.05. The number of ether oxygens (including phenoxy) is 1. The van der Waals surface area contributed by atoms with E-state index in [-0.39, 0.29) is 37.0 Å². The fourth-order valence-electron chi connectivity index (χ4n) is 18.7. The maximum atomic E-state index is 12.7. The van der Waals surface area contributed by atoms with Gasteiger partial charge in [-0.15, -0.1) is 0 Å². The van der Waals surface area contributed by atoms with Crippen molar-refractivity contribution in [3.8, 4) is 62.0 Å². The number of benzene rings is 4. The molecular weight excluding hydrogens is 850 g/mol. The molecule has 4 nitrogen and oxygen atoms in total. The van der Waals surface area contributed by atoms with Crippen molar-refractivity contribution < 1.29 is 41.2 Å². The van der Waals surface area contributed by atoms with Gasteiger partial charge in [-0.25, -0.2) is 4.98 Å². The minimum Gasteiger partial charge on any atom is -0.507 e. The number of hydrogen-bond acceptors (Lipinski definition) is 4. The normalized spacial score (nSPS) is 35.8. The summed E-state index contributed by atoms with van der Waals surface area (Å²) in [5.41, 5.74) is 13.5. The van der Waals surface area contributed by atoms with Crippen molar-refractivity contribution in [3.05, 3.63) is 107 Å². The molecule has 0 amide bonds. The van der Waals surface area contributed by atoms with Gasteiger partial charge in [0.1, 0.15) is 17.2 Å². The van der Waals surface area contributed by atoms with Crippen molar-refractivity contribution in [1.82, 2.24) is 4.98 Å². The van der Waals surface area contributed by atoms with E-state index in [9.17, 15) is 10.2 Å². The molecule has 1 heterocycles. The molecule has 326 valence electrons. The van der Waals surface area contributed by atoms with E-state index in [1.165, 1.54) is 49.7 Å². The second-order valence-corrected chi connectivity index (χ2v) is 24.8. The second-order valence-electron chi connectivity index (χ2n) is 24.8. The van der Waals surface area contributed by atoms with Crippen molar-refractivity contribution in [2.24, 2.45) is 32.5 Å². The molecule has 8 bridgehead atoms. The first-order chi connectivity index (χ1) is 29.2. The average Bonchev–Trinajstić information content (AvgIpc) is 3.15. The Labute approximate surface area is 395 Å². The molecule has 0 radical (unpaired) electrons. The van der Waals surface area contributed by atoms with Gasteiger partial charge in [-0.3, -0.25) is 0 Å². The van der Waals surface area contributed by atoms with E-state index in [1.807, 2.05) is 12.1 Å². The minimum atomic E-state index is -0.0390. The fraction of sp³-hybridized carbons (Fsp3) is 0.500. The van der Waals surface area contributed by atoms with E-state index in [2.05, 4.69) is 128 Å². The van der Waals surface area contributed by atoms with Crippen LogP contribution in [0.2, 0.25) is 0 Å². The summed E-state index contributed by atoms with van der Waals surface area (Å²) >= 11 is 0.